The lowest BCUT2D eigenvalue weighted by Gasteiger charge is -2.11. The Hall–Kier alpha value is -3.07. The molecule has 1 N–H and O–H groups in total. The van der Waals surface area contributed by atoms with E-state index < -0.39 is 5.95 Å². The third-order valence-electron chi connectivity index (χ3n) is 2.97. The van der Waals surface area contributed by atoms with Crippen molar-refractivity contribution in [2.24, 2.45) is 0 Å². The molecular formula is C15H8F2N4. The highest BCUT2D eigenvalue weighted by molar-refractivity contribution is 5.95. The first-order valence-electron chi connectivity index (χ1n) is 6.05. The quantitative estimate of drug-likeness (QED) is 0.730. The molecule has 0 amide bonds. The van der Waals surface area contributed by atoms with Gasteiger partial charge >= 0.3 is 0 Å². The number of hydrogen-bond acceptors (Lipinski definition) is 4. The van der Waals surface area contributed by atoms with Crippen molar-refractivity contribution in [1.29, 1.82) is 5.26 Å². The fraction of sp³-hybridized carbons (Fsp3) is 0. The Bertz CT molecular complexity index is 854. The number of halogens is 2. The van der Waals surface area contributed by atoms with Crippen LogP contribution in [-0.4, -0.2) is 9.97 Å². The van der Waals surface area contributed by atoms with Crippen LogP contribution in [0.1, 0.15) is 5.56 Å². The molecule has 3 aromatic rings. The summed E-state index contributed by atoms with van der Waals surface area (Å²) in [4.78, 5) is 7.59. The second kappa shape index (κ2) is 5.13. The van der Waals surface area contributed by atoms with Gasteiger partial charge in [-0.15, -0.1) is 0 Å². The Morgan fingerprint density at radius 3 is 2.57 bits per heavy atom. The average Bonchev–Trinajstić information content (AvgIpc) is 2.49. The number of benzene rings is 1. The Morgan fingerprint density at radius 1 is 1.10 bits per heavy atom. The third-order valence-corrected chi connectivity index (χ3v) is 2.97. The molecule has 2 aromatic heterocycles. The highest BCUT2D eigenvalue weighted by Crippen LogP contribution is 2.29. The van der Waals surface area contributed by atoms with Gasteiger partial charge in [-0.25, -0.2) is 9.37 Å². The van der Waals surface area contributed by atoms with E-state index in [1.54, 1.807) is 12.1 Å². The standard InChI is InChI=1S/C15H8F2N4/c16-9-1-3-10(4-2-9)20-14-11-5-6-19-8-13(11)21-15(17)12(14)7-18/h1-6,8H,(H,20,21). The lowest BCUT2D eigenvalue weighted by atomic mass is 10.1. The van der Waals surface area contributed by atoms with Crippen LogP contribution in [0.4, 0.5) is 20.2 Å². The summed E-state index contributed by atoms with van der Waals surface area (Å²) < 4.78 is 26.8. The molecule has 0 aliphatic heterocycles. The highest BCUT2D eigenvalue weighted by Gasteiger charge is 2.15. The van der Waals surface area contributed by atoms with E-state index in [9.17, 15) is 8.78 Å². The lowest BCUT2D eigenvalue weighted by molar-refractivity contribution is 0.585. The summed E-state index contributed by atoms with van der Waals surface area (Å²) in [5.41, 5.74) is 0.960. The summed E-state index contributed by atoms with van der Waals surface area (Å²) in [6.45, 7) is 0. The number of pyridine rings is 2. The van der Waals surface area contributed by atoms with Gasteiger partial charge < -0.3 is 5.32 Å². The number of nitrogens with zero attached hydrogens (tertiary/aromatic N) is 3. The van der Waals surface area contributed by atoms with Gasteiger partial charge in [-0.05, 0) is 30.3 Å². The number of rotatable bonds is 2. The summed E-state index contributed by atoms with van der Waals surface area (Å²) in [6, 6.07) is 8.98. The van der Waals surface area contributed by atoms with Gasteiger partial charge in [0.1, 0.15) is 17.4 Å². The van der Waals surface area contributed by atoms with E-state index in [2.05, 4.69) is 15.3 Å². The molecule has 102 valence electrons. The lowest BCUT2D eigenvalue weighted by Crippen LogP contribution is -2.01. The van der Waals surface area contributed by atoms with E-state index >= 15 is 0 Å². The summed E-state index contributed by atoms with van der Waals surface area (Å²) in [6.07, 6.45) is 2.94. The molecule has 21 heavy (non-hydrogen) atoms. The molecular weight excluding hydrogens is 274 g/mol. The van der Waals surface area contributed by atoms with Crippen LogP contribution in [0.5, 0.6) is 0 Å². The Balaban J connectivity index is 2.20. The van der Waals surface area contributed by atoms with Crippen LogP contribution >= 0.6 is 0 Å². The molecule has 0 aliphatic rings. The van der Waals surface area contributed by atoms with Crippen molar-refractivity contribution < 1.29 is 8.78 Å². The largest absolute Gasteiger partial charge is 0.354 e. The first kappa shape index (κ1) is 12.9. The molecule has 0 unspecified atom stereocenters. The van der Waals surface area contributed by atoms with E-state index in [-0.39, 0.29) is 17.1 Å². The Kier molecular flexibility index (Phi) is 3.16. The monoisotopic (exact) mass is 282 g/mol. The molecule has 0 fully saturated rings. The van der Waals surface area contributed by atoms with Gasteiger partial charge in [0.05, 0.1) is 17.4 Å². The van der Waals surface area contributed by atoms with Gasteiger partial charge in [-0.3, -0.25) is 4.98 Å². The van der Waals surface area contributed by atoms with Gasteiger partial charge in [-0.2, -0.15) is 9.65 Å². The Morgan fingerprint density at radius 2 is 1.86 bits per heavy atom. The molecule has 3 rings (SSSR count). The zero-order valence-electron chi connectivity index (χ0n) is 10.6. The molecule has 4 nitrogen and oxygen atoms in total. The fourth-order valence-electron chi connectivity index (χ4n) is 2.00. The molecule has 1 aromatic carbocycles. The number of aromatic nitrogens is 2. The number of nitriles is 1. The maximum Gasteiger partial charge on any atom is 0.233 e. The van der Waals surface area contributed by atoms with Gasteiger partial charge in [0, 0.05) is 17.3 Å². The molecule has 0 saturated heterocycles. The second-order valence-electron chi connectivity index (χ2n) is 4.29. The number of anilines is 2. The molecule has 0 spiro atoms. The zero-order chi connectivity index (χ0) is 14.8. The van der Waals surface area contributed by atoms with E-state index in [4.69, 9.17) is 5.26 Å². The van der Waals surface area contributed by atoms with Gasteiger partial charge in [0.2, 0.25) is 5.95 Å². The maximum atomic E-state index is 13.9. The summed E-state index contributed by atoms with van der Waals surface area (Å²) >= 11 is 0. The van der Waals surface area contributed by atoms with Crippen molar-refractivity contribution >= 4 is 22.3 Å². The predicted molar refractivity (Wildman–Crippen MR) is 73.9 cm³/mol. The van der Waals surface area contributed by atoms with Gasteiger partial charge in [-0.1, -0.05) is 0 Å². The summed E-state index contributed by atoms with van der Waals surface area (Å²) in [7, 11) is 0. The zero-order valence-corrected chi connectivity index (χ0v) is 10.6. The van der Waals surface area contributed by atoms with Gasteiger partial charge in [0.25, 0.3) is 0 Å². The van der Waals surface area contributed by atoms with Gasteiger partial charge in [0.15, 0.2) is 0 Å². The fourth-order valence-corrected chi connectivity index (χ4v) is 2.00. The minimum absolute atomic E-state index is 0.196. The first-order valence-corrected chi connectivity index (χ1v) is 6.05. The van der Waals surface area contributed by atoms with Crippen LogP contribution in [0, 0.1) is 23.1 Å². The molecule has 6 heteroatoms. The van der Waals surface area contributed by atoms with Crippen molar-refractivity contribution in [3.8, 4) is 6.07 Å². The smallest absolute Gasteiger partial charge is 0.233 e. The summed E-state index contributed by atoms with van der Waals surface area (Å²) in [5, 5.41) is 12.6. The molecule has 0 saturated carbocycles. The van der Waals surface area contributed by atoms with E-state index in [1.807, 2.05) is 0 Å². The molecule has 0 atom stereocenters. The van der Waals surface area contributed by atoms with Crippen LogP contribution in [0.15, 0.2) is 42.7 Å². The van der Waals surface area contributed by atoms with Crippen LogP contribution in [0.25, 0.3) is 10.9 Å². The van der Waals surface area contributed by atoms with Crippen molar-refractivity contribution in [3.63, 3.8) is 0 Å². The van der Waals surface area contributed by atoms with Crippen molar-refractivity contribution in [3.05, 3.63) is 60.1 Å². The molecule has 0 aliphatic carbocycles. The minimum atomic E-state index is -0.873. The number of nitrogens with one attached hydrogen (secondary N) is 1. The van der Waals surface area contributed by atoms with Crippen molar-refractivity contribution in [2.75, 3.05) is 5.32 Å². The molecule has 0 radical (unpaired) electrons. The molecule has 0 bridgehead atoms. The van der Waals surface area contributed by atoms with Crippen molar-refractivity contribution in [2.45, 2.75) is 0 Å². The minimum Gasteiger partial charge on any atom is -0.354 e. The first-order chi connectivity index (χ1) is 10.2. The van der Waals surface area contributed by atoms with E-state index in [0.717, 1.165) is 0 Å². The van der Waals surface area contributed by atoms with Crippen LogP contribution in [0.3, 0.4) is 0 Å². The van der Waals surface area contributed by atoms with Crippen molar-refractivity contribution in [1.82, 2.24) is 9.97 Å². The summed E-state index contributed by atoms with van der Waals surface area (Å²) in [5.74, 6) is -1.25. The molecule has 2 heterocycles. The predicted octanol–water partition coefficient (Wildman–Crippen LogP) is 3.52. The third kappa shape index (κ3) is 2.37. The number of hydrogen-bond donors (Lipinski definition) is 1. The normalized spacial score (nSPS) is 10.3. The van der Waals surface area contributed by atoms with Crippen LogP contribution in [0.2, 0.25) is 0 Å². The van der Waals surface area contributed by atoms with E-state index in [0.29, 0.717) is 16.6 Å². The SMILES string of the molecule is N#Cc1c(F)nc2cnccc2c1Nc1ccc(F)cc1. The average molecular weight is 282 g/mol. The Labute approximate surface area is 118 Å². The maximum absolute atomic E-state index is 13.9. The highest BCUT2D eigenvalue weighted by atomic mass is 19.1. The topological polar surface area (TPSA) is 61.6 Å². The van der Waals surface area contributed by atoms with Crippen LogP contribution in [-0.2, 0) is 0 Å². The van der Waals surface area contributed by atoms with E-state index in [1.165, 1.54) is 36.7 Å². The van der Waals surface area contributed by atoms with Crippen LogP contribution < -0.4 is 5.32 Å². The number of fused-ring (bicyclic) bond motifs is 1. The second-order valence-corrected chi connectivity index (χ2v) is 4.29.